The van der Waals surface area contributed by atoms with Gasteiger partial charge in [0, 0.05) is 61.9 Å². The van der Waals surface area contributed by atoms with Gasteiger partial charge in [-0.3, -0.25) is 4.90 Å². The van der Waals surface area contributed by atoms with Gasteiger partial charge in [0.25, 0.3) is 10.0 Å². The van der Waals surface area contributed by atoms with Crippen LogP contribution in [0.3, 0.4) is 0 Å². The van der Waals surface area contributed by atoms with Crippen LogP contribution in [0.2, 0.25) is 0 Å². The second-order valence-electron chi connectivity index (χ2n) is 10.5. The van der Waals surface area contributed by atoms with Crippen LogP contribution in [0.15, 0.2) is 58.1 Å². The molecule has 9 nitrogen and oxygen atoms in total. The van der Waals surface area contributed by atoms with Crippen LogP contribution >= 0.6 is 11.3 Å². The fourth-order valence-corrected chi connectivity index (χ4v) is 9.17. The molecular formula is C29H33N3O6S2. The van der Waals surface area contributed by atoms with Crippen LogP contribution in [-0.4, -0.2) is 74.9 Å². The number of benzene rings is 2. The quantitative estimate of drug-likeness (QED) is 0.338. The van der Waals surface area contributed by atoms with Crippen LogP contribution in [0.1, 0.15) is 22.9 Å². The van der Waals surface area contributed by atoms with E-state index in [1.165, 1.54) is 11.3 Å². The van der Waals surface area contributed by atoms with Crippen LogP contribution in [0.4, 0.5) is 0 Å². The Balaban J connectivity index is 1.47. The number of hydrogen-bond donors (Lipinski definition) is 1. The first-order valence-corrected chi connectivity index (χ1v) is 15.3. The van der Waals surface area contributed by atoms with Gasteiger partial charge in [0.05, 0.1) is 39.5 Å². The van der Waals surface area contributed by atoms with Gasteiger partial charge in [-0.05, 0) is 46.8 Å². The molecule has 6 rings (SSSR count). The molecule has 2 aromatic carbocycles. The van der Waals surface area contributed by atoms with E-state index in [2.05, 4.69) is 15.5 Å². The number of aliphatic hydroxyl groups excluding tert-OH is 1. The molecule has 2 aromatic heterocycles. The summed E-state index contributed by atoms with van der Waals surface area (Å²) in [6, 6.07) is 14.9. The van der Waals surface area contributed by atoms with Gasteiger partial charge < -0.3 is 23.9 Å². The summed E-state index contributed by atoms with van der Waals surface area (Å²) in [6.07, 6.45) is 0. The monoisotopic (exact) mass is 583 g/mol. The average molecular weight is 584 g/mol. The highest BCUT2D eigenvalue weighted by Gasteiger charge is 2.56. The number of ether oxygens (including phenoxy) is 3. The largest absolute Gasteiger partial charge is 0.497 e. The van der Waals surface area contributed by atoms with E-state index >= 15 is 0 Å². The molecule has 1 N–H and O–H groups in total. The minimum Gasteiger partial charge on any atom is -0.497 e. The number of aryl methyl sites for hydroxylation is 1. The molecule has 4 aromatic rings. The number of sulfonamides is 1. The predicted molar refractivity (Wildman–Crippen MR) is 154 cm³/mol. The lowest BCUT2D eigenvalue weighted by atomic mass is 9.70. The molecule has 4 heterocycles. The molecule has 1 spiro atoms. The standard InChI is InChI=1S/C29H33N3O6S2/c1-30-24-13-20(36-2)7-8-23(24)27-28(30)25(15-33)31(14-19-10-21(37-3)12-22(11-19)38-4)16-29(27)17-32(18-29)40(34,35)26-6-5-9-39-26/h5-13,25,33H,14-18H2,1-4H3/t25-/m0/s1. The van der Waals surface area contributed by atoms with E-state index in [0.717, 1.165) is 33.5 Å². The van der Waals surface area contributed by atoms with E-state index in [9.17, 15) is 13.5 Å². The molecular weight excluding hydrogens is 550 g/mol. The Labute approximate surface area is 238 Å². The zero-order valence-electron chi connectivity index (χ0n) is 23.0. The van der Waals surface area contributed by atoms with E-state index in [0.29, 0.717) is 41.9 Å². The fourth-order valence-electron chi connectivity index (χ4n) is 6.42. The summed E-state index contributed by atoms with van der Waals surface area (Å²) in [5.41, 5.74) is 3.65. The number of aliphatic hydroxyl groups is 1. The number of thiophene rings is 1. The van der Waals surface area contributed by atoms with Crippen molar-refractivity contribution in [3.8, 4) is 17.2 Å². The minimum absolute atomic E-state index is 0.0807. The summed E-state index contributed by atoms with van der Waals surface area (Å²) < 4.78 is 47.5. The topological polar surface area (TPSA) is 93.5 Å². The van der Waals surface area contributed by atoms with Crippen molar-refractivity contribution in [1.82, 2.24) is 13.8 Å². The Hall–Kier alpha value is -3.09. The van der Waals surface area contributed by atoms with Gasteiger partial charge in [-0.15, -0.1) is 11.3 Å². The van der Waals surface area contributed by atoms with E-state index in [-0.39, 0.29) is 12.6 Å². The third-order valence-corrected chi connectivity index (χ3v) is 11.4. The van der Waals surface area contributed by atoms with Gasteiger partial charge >= 0.3 is 0 Å². The van der Waals surface area contributed by atoms with Crippen molar-refractivity contribution in [2.24, 2.45) is 7.05 Å². The first-order valence-electron chi connectivity index (χ1n) is 13.0. The molecule has 0 saturated carbocycles. The van der Waals surface area contributed by atoms with Crippen molar-refractivity contribution < 1.29 is 27.7 Å². The SMILES string of the molecule is COc1cc(CN2CC3(CN(S(=O)(=O)c4cccs4)C3)c3c(n(C)c4cc(OC)ccc34)[C@@H]2CO)cc(OC)c1. The van der Waals surface area contributed by atoms with E-state index < -0.39 is 15.4 Å². The molecule has 0 radical (unpaired) electrons. The first kappa shape index (κ1) is 27.1. The molecule has 0 amide bonds. The van der Waals surface area contributed by atoms with Gasteiger partial charge in [0.15, 0.2) is 0 Å². The maximum Gasteiger partial charge on any atom is 0.252 e. The molecule has 11 heteroatoms. The van der Waals surface area contributed by atoms with Crippen LogP contribution in [0.25, 0.3) is 10.9 Å². The zero-order valence-corrected chi connectivity index (χ0v) is 24.6. The molecule has 0 aliphatic carbocycles. The highest BCUT2D eigenvalue weighted by Crippen LogP contribution is 2.51. The smallest absolute Gasteiger partial charge is 0.252 e. The lowest BCUT2D eigenvalue weighted by Crippen LogP contribution is -2.67. The molecule has 0 bridgehead atoms. The first-order chi connectivity index (χ1) is 19.2. The van der Waals surface area contributed by atoms with Crippen molar-refractivity contribution in [1.29, 1.82) is 0 Å². The maximum absolute atomic E-state index is 13.4. The van der Waals surface area contributed by atoms with Crippen molar-refractivity contribution in [2.75, 3.05) is 47.6 Å². The van der Waals surface area contributed by atoms with Crippen molar-refractivity contribution in [2.45, 2.75) is 22.2 Å². The number of methoxy groups -OCH3 is 3. The highest BCUT2D eigenvalue weighted by atomic mass is 32.2. The third-order valence-electron chi connectivity index (χ3n) is 8.26. The number of rotatable bonds is 8. The Morgan fingerprint density at radius 3 is 2.27 bits per heavy atom. The predicted octanol–water partition coefficient (Wildman–Crippen LogP) is 3.76. The Bertz CT molecular complexity index is 1640. The molecule has 1 fully saturated rings. The van der Waals surface area contributed by atoms with E-state index in [1.807, 2.05) is 37.4 Å². The summed E-state index contributed by atoms with van der Waals surface area (Å²) in [6.45, 7) is 1.76. The molecule has 40 heavy (non-hydrogen) atoms. The summed E-state index contributed by atoms with van der Waals surface area (Å²) in [5.74, 6) is 2.13. The van der Waals surface area contributed by atoms with Gasteiger partial charge in [-0.1, -0.05) is 6.07 Å². The van der Waals surface area contributed by atoms with Crippen LogP contribution in [0.5, 0.6) is 17.2 Å². The Morgan fingerprint density at radius 2 is 1.68 bits per heavy atom. The molecule has 1 atom stereocenters. The maximum atomic E-state index is 13.4. The van der Waals surface area contributed by atoms with Crippen LogP contribution in [0, 0.1) is 0 Å². The van der Waals surface area contributed by atoms with Crippen LogP contribution < -0.4 is 14.2 Å². The lowest BCUT2D eigenvalue weighted by molar-refractivity contribution is 0.0241. The summed E-state index contributed by atoms with van der Waals surface area (Å²) in [5, 5.41) is 13.6. The Kier molecular flexibility index (Phi) is 6.82. The molecule has 212 valence electrons. The number of aromatic nitrogens is 1. The van der Waals surface area contributed by atoms with Gasteiger partial charge in [-0.2, -0.15) is 4.31 Å². The number of hydrogen-bond acceptors (Lipinski definition) is 8. The normalized spacial score (nSPS) is 19.0. The van der Waals surface area contributed by atoms with Gasteiger partial charge in [-0.25, -0.2) is 8.42 Å². The van der Waals surface area contributed by atoms with Crippen molar-refractivity contribution in [3.05, 3.63) is 70.7 Å². The zero-order chi connectivity index (χ0) is 28.2. The van der Waals surface area contributed by atoms with Crippen molar-refractivity contribution in [3.63, 3.8) is 0 Å². The summed E-state index contributed by atoms with van der Waals surface area (Å²) in [4.78, 5) is 2.25. The molecule has 2 aliphatic heterocycles. The summed E-state index contributed by atoms with van der Waals surface area (Å²) in [7, 11) is 3.31. The summed E-state index contributed by atoms with van der Waals surface area (Å²) >= 11 is 1.24. The van der Waals surface area contributed by atoms with E-state index in [4.69, 9.17) is 14.2 Å². The third kappa shape index (κ3) is 4.19. The number of nitrogens with zero attached hydrogens (tertiary/aromatic N) is 3. The molecule has 2 aliphatic rings. The average Bonchev–Trinajstić information content (AvgIpc) is 3.59. The van der Waals surface area contributed by atoms with Gasteiger partial charge in [0.1, 0.15) is 21.5 Å². The highest BCUT2D eigenvalue weighted by molar-refractivity contribution is 7.91. The number of fused-ring (bicyclic) bond motifs is 4. The van der Waals surface area contributed by atoms with E-state index in [1.54, 1.807) is 43.1 Å². The Morgan fingerprint density at radius 1 is 0.975 bits per heavy atom. The van der Waals surface area contributed by atoms with Crippen molar-refractivity contribution >= 4 is 32.3 Å². The second-order valence-corrected chi connectivity index (χ2v) is 13.6. The van der Waals surface area contributed by atoms with Crippen LogP contribution in [-0.2, 0) is 29.0 Å². The molecule has 0 unspecified atom stereocenters. The minimum atomic E-state index is -3.58. The fraction of sp³-hybridized carbons (Fsp3) is 0.379. The lowest BCUT2D eigenvalue weighted by Gasteiger charge is -2.55. The molecule has 1 saturated heterocycles. The van der Waals surface area contributed by atoms with Gasteiger partial charge in [0.2, 0.25) is 0 Å². The second kappa shape index (κ2) is 10.1.